The lowest BCUT2D eigenvalue weighted by atomic mass is 9.97. The van der Waals surface area contributed by atoms with Crippen molar-refractivity contribution < 1.29 is 0 Å². The van der Waals surface area contributed by atoms with Crippen LogP contribution < -0.4 is 11.1 Å². The molecule has 4 aromatic carbocycles. The summed E-state index contributed by atoms with van der Waals surface area (Å²) in [5.41, 5.74) is 0.0591. The molecule has 6 aromatic rings. The lowest BCUT2D eigenvalue weighted by Crippen LogP contribution is -2.31. The first-order valence-corrected chi connectivity index (χ1v) is 9.86. The van der Waals surface area contributed by atoms with E-state index >= 15 is 0 Å². The van der Waals surface area contributed by atoms with Crippen LogP contribution in [-0.4, -0.2) is 4.57 Å². The minimum atomic E-state index is -0.267. The molecule has 0 bridgehead atoms. The molecule has 0 N–H and O–H groups in total. The molecule has 0 saturated heterocycles. The van der Waals surface area contributed by atoms with Crippen LogP contribution in [0.25, 0.3) is 47.4 Å². The van der Waals surface area contributed by atoms with Gasteiger partial charge in [-0.1, -0.05) is 42.5 Å². The molecule has 0 aliphatic carbocycles. The highest BCUT2D eigenvalue weighted by Gasteiger charge is 2.18. The standard InChI is InChI=1S/C24H13NO2S/c26-23-17-11-10-16-15-8-4-5-9-19(15)28-20-13-12-18(21(17)22(16)20)24(27)25(23)14-6-2-1-3-7-14/h1-13H. The maximum Gasteiger partial charge on any atom is 0.265 e. The number of hydrogen-bond acceptors (Lipinski definition) is 3. The lowest BCUT2D eigenvalue weighted by molar-refractivity contribution is 0.970. The van der Waals surface area contributed by atoms with Gasteiger partial charge in [-0.05, 0) is 47.2 Å². The fourth-order valence-electron chi connectivity index (χ4n) is 4.17. The van der Waals surface area contributed by atoms with E-state index in [1.54, 1.807) is 23.5 Å². The summed E-state index contributed by atoms with van der Waals surface area (Å²) in [4.78, 5) is 26.6. The fraction of sp³-hybridized carbons (Fsp3) is 0. The highest BCUT2D eigenvalue weighted by Crippen LogP contribution is 2.39. The third kappa shape index (κ3) is 1.93. The highest BCUT2D eigenvalue weighted by molar-refractivity contribution is 7.25. The molecule has 132 valence electrons. The Morgan fingerprint density at radius 1 is 0.536 bits per heavy atom. The maximum absolute atomic E-state index is 13.3. The van der Waals surface area contributed by atoms with E-state index in [2.05, 4.69) is 12.1 Å². The quantitative estimate of drug-likeness (QED) is 0.287. The van der Waals surface area contributed by atoms with Gasteiger partial charge in [-0.2, -0.15) is 0 Å². The van der Waals surface area contributed by atoms with E-state index in [1.165, 1.54) is 9.27 Å². The minimum Gasteiger partial charge on any atom is -0.268 e. The monoisotopic (exact) mass is 379 g/mol. The molecule has 0 unspecified atom stereocenters. The van der Waals surface area contributed by atoms with Gasteiger partial charge >= 0.3 is 0 Å². The summed E-state index contributed by atoms with van der Waals surface area (Å²) in [6.45, 7) is 0. The van der Waals surface area contributed by atoms with Gasteiger partial charge in [0.2, 0.25) is 0 Å². The number of rotatable bonds is 1. The van der Waals surface area contributed by atoms with E-state index < -0.39 is 0 Å². The van der Waals surface area contributed by atoms with Gasteiger partial charge in [-0.15, -0.1) is 11.3 Å². The second-order valence-corrected chi connectivity index (χ2v) is 7.99. The first-order chi connectivity index (χ1) is 13.7. The number of nitrogens with zero attached hydrogens (tertiary/aromatic N) is 1. The number of benzene rings is 4. The van der Waals surface area contributed by atoms with E-state index in [4.69, 9.17) is 0 Å². The van der Waals surface area contributed by atoms with E-state index in [9.17, 15) is 9.59 Å². The fourth-order valence-corrected chi connectivity index (χ4v) is 5.29. The van der Waals surface area contributed by atoms with Crippen LogP contribution in [-0.2, 0) is 0 Å². The van der Waals surface area contributed by atoms with Crippen LogP contribution >= 0.6 is 11.3 Å². The molecule has 0 fully saturated rings. The van der Waals surface area contributed by atoms with E-state index in [0.29, 0.717) is 16.5 Å². The molecular weight excluding hydrogens is 366 g/mol. The molecule has 0 amide bonds. The molecule has 0 aliphatic heterocycles. The molecule has 0 atom stereocenters. The second kappa shape index (κ2) is 5.50. The van der Waals surface area contributed by atoms with Crippen molar-refractivity contribution in [3.05, 3.63) is 99.6 Å². The van der Waals surface area contributed by atoms with Crippen LogP contribution in [0.2, 0.25) is 0 Å². The van der Waals surface area contributed by atoms with Gasteiger partial charge in [-0.3, -0.25) is 9.59 Å². The zero-order valence-electron chi connectivity index (χ0n) is 14.7. The van der Waals surface area contributed by atoms with Gasteiger partial charge in [-0.25, -0.2) is 4.57 Å². The average molecular weight is 379 g/mol. The summed E-state index contributed by atoms with van der Waals surface area (Å²) < 4.78 is 3.56. The molecule has 0 aliphatic rings. The van der Waals surface area contributed by atoms with Crippen molar-refractivity contribution in [3.8, 4) is 5.69 Å². The van der Waals surface area contributed by atoms with Crippen LogP contribution in [0.1, 0.15) is 0 Å². The van der Waals surface area contributed by atoms with Crippen molar-refractivity contribution >= 4 is 53.1 Å². The van der Waals surface area contributed by atoms with Gasteiger partial charge in [0.25, 0.3) is 11.1 Å². The molecule has 28 heavy (non-hydrogen) atoms. The zero-order chi connectivity index (χ0) is 18.8. The first kappa shape index (κ1) is 15.5. The number of pyridine rings is 1. The second-order valence-electron chi connectivity index (χ2n) is 6.90. The van der Waals surface area contributed by atoms with Gasteiger partial charge in [0.15, 0.2) is 0 Å². The number of para-hydroxylation sites is 1. The molecule has 0 saturated carbocycles. The number of hydrogen-bond donors (Lipinski definition) is 0. The Balaban J connectivity index is 1.90. The molecular formula is C24H13NO2S. The Bertz CT molecular complexity index is 1610. The van der Waals surface area contributed by atoms with Crippen LogP contribution in [0.5, 0.6) is 0 Å². The predicted octanol–water partition coefficient (Wildman–Crippen LogP) is 5.31. The zero-order valence-corrected chi connectivity index (χ0v) is 15.5. The van der Waals surface area contributed by atoms with Crippen molar-refractivity contribution in [1.29, 1.82) is 0 Å². The SMILES string of the molecule is O=c1c2ccc3sc4ccccc4c4ccc(c(=O)n1-c1ccccc1)c2c34. The summed E-state index contributed by atoms with van der Waals surface area (Å²) in [5.74, 6) is 0. The number of fused-ring (bicyclic) bond motifs is 2. The molecule has 3 nitrogen and oxygen atoms in total. The minimum absolute atomic E-state index is 0.267. The van der Waals surface area contributed by atoms with E-state index in [-0.39, 0.29) is 11.1 Å². The Morgan fingerprint density at radius 3 is 1.96 bits per heavy atom. The number of aromatic nitrogens is 1. The largest absolute Gasteiger partial charge is 0.268 e. The van der Waals surface area contributed by atoms with Crippen molar-refractivity contribution in [2.24, 2.45) is 0 Å². The van der Waals surface area contributed by atoms with Gasteiger partial charge in [0.1, 0.15) is 0 Å². The average Bonchev–Trinajstić information content (AvgIpc) is 2.74. The van der Waals surface area contributed by atoms with Crippen LogP contribution in [0.4, 0.5) is 0 Å². The summed E-state index contributed by atoms with van der Waals surface area (Å²) >= 11 is 1.69. The van der Waals surface area contributed by atoms with Crippen molar-refractivity contribution in [2.75, 3.05) is 0 Å². The molecule has 4 heteroatoms. The lowest BCUT2D eigenvalue weighted by Gasteiger charge is -2.14. The summed E-state index contributed by atoms with van der Waals surface area (Å²) in [6, 6.07) is 25.1. The Labute approximate surface area is 163 Å². The molecule has 0 spiro atoms. The van der Waals surface area contributed by atoms with Crippen molar-refractivity contribution in [3.63, 3.8) is 0 Å². The highest BCUT2D eigenvalue weighted by atomic mass is 32.1. The smallest absolute Gasteiger partial charge is 0.265 e. The Kier molecular flexibility index (Phi) is 3.06. The molecule has 6 rings (SSSR count). The van der Waals surface area contributed by atoms with Crippen molar-refractivity contribution in [1.82, 2.24) is 4.57 Å². The first-order valence-electron chi connectivity index (χ1n) is 9.05. The normalized spacial score (nSPS) is 11.9. The Hall–Kier alpha value is -3.50. The van der Waals surface area contributed by atoms with Gasteiger partial charge < -0.3 is 0 Å². The summed E-state index contributed by atoms with van der Waals surface area (Å²) in [5, 5.41) is 5.18. The third-order valence-corrected chi connectivity index (χ3v) is 6.54. The van der Waals surface area contributed by atoms with Crippen LogP contribution in [0.15, 0.2) is 88.5 Å². The van der Waals surface area contributed by atoms with Gasteiger partial charge in [0.05, 0.1) is 5.69 Å². The van der Waals surface area contributed by atoms with Crippen LogP contribution in [0, 0.1) is 0 Å². The van der Waals surface area contributed by atoms with E-state index in [1.807, 2.05) is 54.6 Å². The third-order valence-electron chi connectivity index (χ3n) is 5.40. The molecule has 2 heterocycles. The summed E-state index contributed by atoms with van der Waals surface area (Å²) in [7, 11) is 0. The van der Waals surface area contributed by atoms with Gasteiger partial charge in [0, 0.05) is 30.9 Å². The van der Waals surface area contributed by atoms with Crippen LogP contribution in [0.3, 0.4) is 0 Å². The van der Waals surface area contributed by atoms with E-state index in [0.717, 1.165) is 26.2 Å². The summed E-state index contributed by atoms with van der Waals surface area (Å²) in [6.07, 6.45) is 0. The maximum atomic E-state index is 13.3. The predicted molar refractivity (Wildman–Crippen MR) is 117 cm³/mol. The topological polar surface area (TPSA) is 39.1 Å². The molecule has 2 aromatic heterocycles. The Morgan fingerprint density at radius 2 is 1.18 bits per heavy atom. The molecule has 0 radical (unpaired) electrons. The van der Waals surface area contributed by atoms with Crippen molar-refractivity contribution in [2.45, 2.75) is 0 Å².